The van der Waals surface area contributed by atoms with Crippen LogP contribution in [0.4, 0.5) is 5.69 Å². The molecule has 4 N–H and O–H groups in total. The third kappa shape index (κ3) is 1.22. The van der Waals surface area contributed by atoms with Crippen molar-refractivity contribution in [2.24, 2.45) is 5.73 Å². The average molecular weight is 137 g/mol. The van der Waals surface area contributed by atoms with E-state index in [-0.39, 0.29) is 5.69 Å². The first-order chi connectivity index (χ1) is 4.70. The van der Waals surface area contributed by atoms with Gasteiger partial charge in [-0.25, -0.2) is 0 Å². The molecule has 4 nitrogen and oxygen atoms in total. The Bertz CT molecular complexity index is 259. The van der Waals surface area contributed by atoms with Gasteiger partial charge >= 0.3 is 0 Å². The number of hydrogen-bond donors (Lipinski definition) is 2. The lowest BCUT2D eigenvalue weighted by Gasteiger charge is -1.93. The van der Waals surface area contributed by atoms with Crippen LogP contribution < -0.4 is 11.5 Å². The van der Waals surface area contributed by atoms with E-state index in [0.717, 1.165) is 0 Å². The van der Waals surface area contributed by atoms with Crippen LogP contribution in [0, 0.1) is 0 Å². The number of nitrogen functional groups attached to an aromatic ring is 1. The zero-order valence-electron chi connectivity index (χ0n) is 5.24. The van der Waals surface area contributed by atoms with E-state index in [4.69, 9.17) is 11.5 Å². The van der Waals surface area contributed by atoms with Gasteiger partial charge in [0.1, 0.15) is 5.69 Å². The summed E-state index contributed by atoms with van der Waals surface area (Å²) >= 11 is 0. The van der Waals surface area contributed by atoms with Gasteiger partial charge in [-0.3, -0.25) is 9.78 Å². The van der Waals surface area contributed by atoms with E-state index < -0.39 is 5.91 Å². The predicted molar refractivity (Wildman–Crippen MR) is 37.2 cm³/mol. The Kier molecular flexibility index (Phi) is 1.53. The fraction of sp³-hybridized carbons (Fsp3) is 0. The number of pyridine rings is 1. The summed E-state index contributed by atoms with van der Waals surface area (Å²) < 4.78 is 0. The van der Waals surface area contributed by atoms with Crippen LogP contribution in [0.25, 0.3) is 0 Å². The highest BCUT2D eigenvalue weighted by molar-refractivity contribution is 5.91. The van der Waals surface area contributed by atoms with Crippen molar-refractivity contribution < 1.29 is 4.79 Å². The smallest absolute Gasteiger partial charge is 0.267 e. The molecule has 52 valence electrons. The second-order valence-corrected chi connectivity index (χ2v) is 1.84. The molecule has 0 bridgehead atoms. The van der Waals surface area contributed by atoms with Gasteiger partial charge in [-0.15, -0.1) is 0 Å². The summed E-state index contributed by atoms with van der Waals surface area (Å²) in [5.74, 6) is -0.563. The average Bonchev–Trinajstić information content (AvgIpc) is 1.88. The summed E-state index contributed by atoms with van der Waals surface area (Å²) in [4.78, 5) is 14.1. The number of aromatic nitrogens is 1. The Hall–Kier alpha value is -1.58. The molecule has 0 unspecified atom stereocenters. The molecule has 0 atom stereocenters. The number of amides is 1. The lowest BCUT2D eigenvalue weighted by atomic mass is 10.3. The molecule has 0 saturated carbocycles. The second-order valence-electron chi connectivity index (χ2n) is 1.84. The number of anilines is 1. The van der Waals surface area contributed by atoms with Crippen molar-refractivity contribution in [3.05, 3.63) is 24.0 Å². The maximum atomic E-state index is 10.5. The lowest BCUT2D eigenvalue weighted by Crippen LogP contribution is -2.12. The molecule has 1 heterocycles. The number of rotatable bonds is 1. The summed E-state index contributed by atoms with van der Waals surface area (Å²) in [6.45, 7) is 0. The standard InChI is InChI=1S/C6H7N3O/c7-4-1-2-9-5(3-4)6(8)10/h1-3H,(H2,7,9)(H2,8,10). The molecule has 10 heavy (non-hydrogen) atoms. The molecule has 4 heteroatoms. The fourth-order valence-electron chi connectivity index (χ4n) is 0.582. The number of primary amides is 1. The number of hydrogen-bond acceptors (Lipinski definition) is 3. The molecule has 0 aromatic carbocycles. The van der Waals surface area contributed by atoms with Gasteiger partial charge in [0.15, 0.2) is 0 Å². The lowest BCUT2D eigenvalue weighted by molar-refractivity contribution is 0.0995. The van der Waals surface area contributed by atoms with Crippen LogP contribution in [0.5, 0.6) is 0 Å². The zero-order chi connectivity index (χ0) is 7.56. The molecule has 1 aromatic heterocycles. The molecule has 0 saturated heterocycles. The van der Waals surface area contributed by atoms with Gasteiger partial charge in [-0.2, -0.15) is 0 Å². The van der Waals surface area contributed by atoms with E-state index in [1.54, 1.807) is 6.07 Å². The first-order valence-corrected chi connectivity index (χ1v) is 2.71. The van der Waals surface area contributed by atoms with E-state index in [2.05, 4.69) is 4.98 Å². The Morgan fingerprint density at radius 3 is 2.70 bits per heavy atom. The quantitative estimate of drug-likeness (QED) is 0.560. The Labute approximate surface area is 57.9 Å². The van der Waals surface area contributed by atoms with Crippen LogP contribution in [-0.4, -0.2) is 10.9 Å². The molecule has 0 spiro atoms. The van der Waals surface area contributed by atoms with Gasteiger partial charge in [0, 0.05) is 11.9 Å². The highest BCUT2D eigenvalue weighted by Gasteiger charge is 1.99. The van der Waals surface area contributed by atoms with Crippen LogP contribution >= 0.6 is 0 Å². The Morgan fingerprint density at radius 1 is 1.60 bits per heavy atom. The highest BCUT2D eigenvalue weighted by Crippen LogP contribution is 2.00. The molecule has 0 aliphatic heterocycles. The maximum absolute atomic E-state index is 10.5. The molecular formula is C6H7N3O. The van der Waals surface area contributed by atoms with Crippen molar-refractivity contribution in [1.29, 1.82) is 0 Å². The fourth-order valence-corrected chi connectivity index (χ4v) is 0.582. The number of nitrogens with two attached hydrogens (primary N) is 2. The monoisotopic (exact) mass is 137 g/mol. The molecular weight excluding hydrogens is 130 g/mol. The minimum atomic E-state index is -0.563. The van der Waals surface area contributed by atoms with Crippen molar-refractivity contribution in [2.45, 2.75) is 0 Å². The van der Waals surface area contributed by atoms with Crippen LogP contribution in [0.1, 0.15) is 10.5 Å². The van der Waals surface area contributed by atoms with Crippen LogP contribution in [-0.2, 0) is 0 Å². The van der Waals surface area contributed by atoms with Gasteiger partial charge in [0.2, 0.25) is 0 Å². The van der Waals surface area contributed by atoms with Crippen molar-refractivity contribution in [3.8, 4) is 0 Å². The van der Waals surface area contributed by atoms with Gasteiger partial charge in [0.05, 0.1) is 0 Å². The molecule has 0 fully saturated rings. The predicted octanol–water partition coefficient (Wildman–Crippen LogP) is -0.237. The second kappa shape index (κ2) is 2.34. The number of nitrogens with zero attached hydrogens (tertiary/aromatic N) is 1. The topological polar surface area (TPSA) is 82.0 Å². The molecule has 0 aliphatic carbocycles. The van der Waals surface area contributed by atoms with Crippen molar-refractivity contribution in [2.75, 3.05) is 5.73 Å². The van der Waals surface area contributed by atoms with E-state index in [9.17, 15) is 4.79 Å². The summed E-state index contributed by atoms with van der Waals surface area (Å²) in [6.07, 6.45) is 1.44. The van der Waals surface area contributed by atoms with Crippen molar-refractivity contribution in [3.63, 3.8) is 0 Å². The normalized spacial score (nSPS) is 9.20. The Morgan fingerprint density at radius 2 is 2.30 bits per heavy atom. The first-order valence-electron chi connectivity index (χ1n) is 2.71. The van der Waals surface area contributed by atoms with Crippen LogP contribution in [0.3, 0.4) is 0 Å². The minimum absolute atomic E-state index is 0.194. The molecule has 1 rings (SSSR count). The van der Waals surface area contributed by atoms with Gasteiger partial charge in [-0.1, -0.05) is 0 Å². The summed E-state index contributed by atoms with van der Waals surface area (Å²) in [5.41, 5.74) is 11.0. The SMILES string of the molecule is NC(=O)c1cc(N)ccn1. The first kappa shape index (κ1) is 6.54. The third-order valence-corrected chi connectivity index (χ3v) is 1.04. The van der Waals surface area contributed by atoms with E-state index in [1.807, 2.05) is 0 Å². The molecule has 1 amide bonds. The number of carbonyl (C=O) groups excluding carboxylic acids is 1. The van der Waals surface area contributed by atoms with E-state index >= 15 is 0 Å². The summed E-state index contributed by atoms with van der Waals surface area (Å²) in [7, 11) is 0. The minimum Gasteiger partial charge on any atom is -0.399 e. The molecule has 0 radical (unpaired) electrons. The van der Waals surface area contributed by atoms with Gasteiger partial charge in [-0.05, 0) is 12.1 Å². The Balaban J connectivity index is 3.07. The van der Waals surface area contributed by atoms with E-state index in [0.29, 0.717) is 5.69 Å². The van der Waals surface area contributed by atoms with Gasteiger partial charge in [0.25, 0.3) is 5.91 Å². The zero-order valence-corrected chi connectivity index (χ0v) is 5.24. The van der Waals surface area contributed by atoms with Crippen molar-refractivity contribution in [1.82, 2.24) is 4.98 Å². The largest absolute Gasteiger partial charge is 0.399 e. The van der Waals surface area contributed by atoms with Crippen LogP contribution in [0.15, 0.2) is 18.3 Å². The highest BCUT2D eigenvalue weighted by atomic mass is 16.1. The summed E-state index contributed by atoms with van der Waals surface area (Å²) in [5, 5.41) is 0. The van der Waals surface area contributed by atoms with Crippen LogP contribution in [0.2, 0.25) is 0 Å². The molecule has 0 aliphatic rings. The molecule has 1 aromatic rings. The summed E-state index contributed by atoms with van der Waals surface area (Å²) in [6, 6.07) is 3.02. The van der Waals surface area contributed by atoms with Gasteiger partial charge < -0.3 is 11.5 Å². The maximum Gasteiger partial charge on any atom is 0.267 e. The van der Waals surface area contributed by atoms with Crippen molar-refractivity contribution >= 4 is 11.6 Å². The number of carbonyl (C=O) groups is 1. The third-order valence-electron chi connectivity index (χ3n) is 1.04. The van der Waals surface area contributed by atoms with E-state index in [1.165, 1.54) is 12.3 Å².